The van der Waals surface area contributed by atoms with Gasteiger partial charge in [-0.15, -0.1) is 0 Å². The predicted molar refractivity (Wildman–Crippen MR) is 67.9 cm³/mol. The summed E-state index contributed by atoms with van der Waals surface area (Å²) in [6, 6.07) is 0. The van der Waals surface area contributed by atoms with Gasteiger partial charge in [0.25, 0.3) is 5.91 Å². The molecule has 0 aromatic carbocycles. The van der Waals surface area contributed by atoms with Crippen molar-refractivity contribution >= 4 is 11.8 Å². The summed E-state index contributed by atoms with van der Waals surface area (Å²) in [4.78, 5) is 25.2. The summed E-state index contributed by atoms with van der Waals surface area (Å²) >= 11 is 0. The molecule has 2 amide bonds. The summed E-state index contributed by atoms with van der Waals surface area (Å²) < 4.78 is 5.55. The molecule has 1 rings (SSSR count). The lowest BCUT2D eigenvalue weighted by Gasteiger charge is -2.23. The summed E-state index contributed by atoms with van der Waals surface area (Å²) in [6.45, 7) is 5.31. The van der Waals surface area contributed by atoms with E-state index in [0.29, 0.717) is 26.1 Å². The van der Waals surface area contributed by atoms with E-state index >= 15 is 0 Å². The molecule has 104 valence electrons. The van der Waals surface area contributed by atoms with Crippen LogP contribution in [0.1, 0.15) is 26.7 Å². The van der Waals surface area contributed by atoms with Gasteiger partial charge in [0.05, 0.1) is 12.6 Å². The molecule has 0 aromatic rings. The molecule has 6 nitrogen and oxygen atoms in total. The van der Waals surface area contributed by atoms with Crippen molar-refractivity contribution in [3.05, 3.63) is 0 Å². The Bertz CT molecular complexity index is 296. The average molecular weight is 257 g/mol. The molecule has 1 aliphatic rings. The lowest BCUT2D eigenvalue weighted by molar-refractivity contribution is -0.145. The first-order chi connectivity index (χ1) is 8.62. The lowest BCUT2D eigenvalue weighted by atomic mass is 10.2. The Morgan fingerprint density at radius 1 is 1.39 bits per heavy atom. The van der Waals surface area contributed by atoms with Crippen LogP contribution in [0.4, 0.5) is 0 Å². The van der Waals surface area contributed by atoms with E-state index in [1.807, 2.05) is 13.8 Å². The van der Waals surface area contributed by atoms with Crippen LogP contribution in [0.15, 0.2) is 0 Å². The fraction of sp³-hybridized carbons (Fsp3) is 0.833. The SMILES string of the molecule is CCNC(=O)CN(CC)C(=O)[C@@H]1CC[C@H](CN)O1. The molecule has 0 unspecified atom stereocenters. The molecule has 0 aliphatic carbocycles. The van der Waals surface area contributed by atoms with Crippen molar-refractivity contribution in [3.8, 4) is 0 Å². The number of hydrogen-bond acceptors (Lipinski definition) is 4. The Morgan fingerprint density at radius 2 is 2.11 bits per heavy atom. The largest absolute Gasteiger partial charge is 0.364 e. The maximum absolute atomic E-state index is 12.2. The van der Waals surface area contributed by atoms with E-state index in [0.717, 1.165) is 6.42 Å². The third kappa shape index (κ3) is 3.96. The summed E-state index contributed by atoms with van der Waals surface area (Å²) in [5.74, 6) is -0.249. The summed E-state index contributed by atoms with van der Waals surface area (Å²) in [5.41, 5.74) is 5.51. The number of ether oxygens (including phenoxy) is 1. The second-order valence-electron chi connectivity index (χ2n) is 4.37. The molecule has 18 heavy (non-hydrogen) atoms. The number of rotatable bonds is 6. The van der Waals surface area contributed by atoms with Gasteiger partial charge in [0.1, 0.15) is 6.10 Å². The van der Waals surface area contributed by atoms with Gasteiger partial charge in [0, 0.05) is 19.6 Å². The molecule has 6 heteroatoms. The fourth-order valence-corrected chi connectivity index (χ4v) is 2.04. The zero-order valence-electron chi connectivity index (χ0n) is 11.1. The van der Waals surface area contributed by atoms with Crippen LogP contribution in [0, 0.1) is 0 Å². The van der Waals surface area contributed by atoms with Gasteiger partial charge in [-0.1, -0.05) is 0 Å². The van der Waals surface area contributed by atoms with Gasteiger partial charge < -0.3 is 20.7 Å². The van der Waals surface area contributed by atoms with E-state index in [9.17, 15) is 9.59 Å². The van der Waals surface area contributed by atoms with E-state index < -0.39 is 6.10 Å². The minimum Gasteiger partial charge on any atom is -0.364 e. The van der Waals surface area contributed by atoms with Gasteiger partial charge in [-0.25, -0.2) is 0 Å². The zero-order chi connectivity index (χ0) is 13.5. The van der Waals surface area contributed by atoms with Crippen molar-refractivity contribution in [2.45, 2.75) is 38.9 Å². The van der Waals surface area contributed by atoms with Gasteiger partial charge in [-0.05, 0) is 26.7 Å². The van der Waals surface area contributed by atoms with Crippen LogP contribution in [0.5, 0.6) is 0 Å². The highest BCUT2D eigenvalue weighted by molar-refractivity contribution is 5.87. The monoisotopic (exact) mass is 257 g/mol. The highest BCUT2D eigenvalue weighted by atomic mass is 16.5. The molecular weight excluding hydrogens is 234 g/mol. The molecule has 0 spiro atoms. The number of hydrogen-bond donors (Lipinski definition) is 2. The van der Waals surface area contributed by atoms with Crippen molar-refractivity contribution < 1.29 is 14.3 Å². The van der Waals surface area contributed by atoms with Crippen LogP contribution in [0.2, 0.25) is 0 Å². The van der Waals surface area contributed by atoms with E-state index in [2.05, 4.69) is 5.32 Å². The van der Waals surface area contributed by atoms with E-state index in [4.69, 9.17) is 10.5 Å². The molecule has 1 heterocycles. The molecule has 0 radical (unpaired) electrons. The average Bonchev–Trinajstić information content (AvgIpc) is 2.84. The van der Waals surface area contributed by atoms with Gasteiger partial charge in [-0.3, -0.25) is 9.59 Å². The fourth-order valence-electron chi connectivity index (χ4n) is 2.04. The lowest BCUT2D eigenvalue weighted by Crippen LogP contribution is -2.45. The van der Waals surface area contributed by atoms with Crippen LogP contribution >= 0.6 is 0 Å². The van der Waals surface area contributed by atoms with Crippen molar-refractivity contribution in [1.82, 2.24) is 10.2 Å². The number of nitrogens with one attached hydrogen (secondary N) is 1. The second kappa shape index (κ2) is 7.33. The molecular formula is C12H23N3O3. The van der Waals surface area contributed by atoms with E-state index in [1.165, 1.54) is 4.90 Å². The standard InChI is InChI=1S/C12H23N3O3/c1-3-14-11(16)8-15(4-2)12(17)10-6-5-9(7-13)18-10/h9-10H,3-8,13H2,1-2H3,(H,14,16)/t9-,10+/m1/s1. The molecule has 1 saturated heterocycles. The number of likely N-dealkylation sites (N-methyl/N-ethyl adjacent to an activating group) is 2. The van der Waals surface area contributed by atoms with Crippen LogP contribution < -0.4 is 11.1 Å². The quantitative estimate of drug-likeness (QED) is 0.670. The minimum absolute atomic E-state index is 0.0258. The highest BCUT2D eigenvalue weighted by Gasteiger charge is 2.32. The van der Waals surface area contributed by atoms with Crippen LogP contribution in [-0.2, 0) is 14.3 Å². The molecule has 1 aliphatic heterocycles. The molecule has 1 fully saturated rings. The smallest absolute Gasteiger partial charge is 0.252 e. The molecule has 2 atom stereocenters. The first-order valence-corrected chi connectivity index (χ1v) is 6.53. The Hall–Kier alpha value is -1.14. The number of nitrogens with zero attached hydrogens (tertiary/aromatic N) is 1. The van der Waals surface area contributed by atoms with Crippen molar-refractivity contribution in [3.63, 3.8) is 0 Å². The third-order valence-corrected chi connectivity index (χ3v) is 3.05. The maximum atomic E-state index is 12.2. The molecule has 0 saturated carbocycles. The maximum Gasteiger partial charge on any atom is 0.252 e. The number of carbonyl (C=O) groups is 2. The van der Waals surface area contributed by atoms with Gasteiger partial charge >= 0.3 is 0 Å². The number of nitrogens with two attached hydrogens (primary N) is 1. The molecule has 3 N–H and O–H groups in total. The Kier molecular flexibility index (Phi) is 6.07. The topological polar surface area (TPSA) is 84.7 Å². The third-order valence-electron chi connectivity index (χ3n) is 3.05. The summed E-state index contributed by atoms with van der Waals surface area (Å²) in [6.07, 6.45) is 1.04. The Labute approximate surface area is 108 Å². The summed E-state index contributed by atoms with van der Waals surface area (Å²) in [5, 5.41) is 2.68. The Morgan fingerprint density at radius 3 is 2.61 bits per heavy atom. The normalized spacial score (nSPS) is 22.8. The first kappa shape index (κ1) is 14.9. The number of carbonyl (C=O) groups excluding carboxylic acids is 2. The van der Waals surface area contributed by atoms with Gasteiger partial charge in [-0.2, -0.15) is 0 Å². The van der Waals surface area contributed by atoms with E-state index in [1.54, 1.807) is 0 Å². The van der Waals surface area contributed by atoms with E-state index in [-0.39, 0.29) is 24.5 Å². The van der Waals surface area contributed by atoms with Crippen molar-refractivity contribution in [2.75, 3.05) is 26.2 Å². The van der Waals surface area contributed by atoms with Crippen molar-refractivity contribution in [2.24, 2.45) is 5.73 Å². The number of amides is 2. The van der Waals surface area contributed by atoms with Crippen LogP contribution in [-0.4, -0.2) is 55.1 Å². The van der Waals surface area contributed by atoms with Crippen LogP contribution in [0.25, 0.3) is 0 Å². The second-order valence-corrected chi connectivity index (χ2v) is 4.37. The molecule has 0 bridgehead atoms. The van der Waals surface area contributed by atoms with Crippen LogP contribution in [0.3, 0.4) is 0 Å². The first-order valence-electron chi connectivity index (χ1n) is 6.53. The minimum atomic E-state index is -0.437. The molecule has 0 aromatic heterocycles. The Balaban J connectivity index is 2.49. The van der Waals surface area contributed by atoms with Gasteiger partial charge in [0.15, 0.2) is 0 Å². The summed E-state index contributed by atoms with van der Waals surface area (Å²) in [7, 11) is 0. The van der Waals surface area contributed by atoms with Crippen molar-refractivity contribution in [1.29, 1.82) is 0 Å². The highest BCUT2D eigenvalue weighted by Crippen LogP contribution is 2.20. The zero-order valence-corrected chi connectivity index (χ0v) is 11.1. The predicted octanol–water partition coefficient (Wildman–Crippen LogP) is -0.523. The van der Waals surface area contributed by atoms with Gasteiger partial charge in [0.2, 0.25) is 5.91 Å².